The molecule has 9 heteroatoms. The zero-order chi connectivity index (χ0) is 25.7. The number of nitrogens with zero attached hydrogens (tertiary/aromatic N) is 3. The van der Waals surface area contributed by atoms with Gasteiger partial charge in [-0.3, -0.25) is 19.6 Å². The maximum atomic E-state index is 14.0. The van der Waals surface area contributed by atoms with E-state index in [0.717, 1.165) is 44.1 Å². The summed E-state index contributed by atoms with van der Waals surface area (Å²) in [4.78, 5) is 33.1. The average Bonchev–Trinajstić information content (AvgIpc) is 3.41. The summed E-state index contributed by atoms with van der Waals surface area (Å²) in [5, 5.41) is 7.60. The van der Waals surface area contributed by atoms with E-state index in [1.807, 2.05) is 36.1 Å². The van der Waals surface area contributed by atoms with Crippen molar-refractivity contribution in [1.82, 2.24) is 20.5 Å². The predicted octanol–water partition coefficient (Wildman–Crippen LogP) is 3.01. The van der Waals surface area contributed by atoms with Gasteiger partial charge in [-0.25, -0.2) is 5.84 Å². The number of hydrazine groups is 1. The molecule has 9 nitrogen and oxygen atoms in total. The van der Waals surface area contributed by atoms with Gasteiger partial charge in [0.1, 0.15) is 6.04 Å². The Morgan fingerprint density at radius 2 is 1.86 bits per heavy atom. The Kier molecular flexibility index (Phi) is 8.43. The van der Waals surface area contributed by atoms with Gasteiger partial charge in [0.2, 0.25) is 11.8 Å². The van der Waals surface area contributed by atoms with Crippen LogP contribution in [0.3, 0.4) is 0 Å². The smallest absolute Gasteiger partial charge is 0.245 e. The molecular formula is C27H39N7O2. The van der Waals surface area contributed by atoms with Crippen LogP contribution < -0.4 is 27.2 Å². The Morgan fingerprint density at radius 1 is 1.11 bits per heavy atom. The van der Waals surface area contributed by atoms with Gasteiger partial charge in [0.15, 0.2) is 0 Å². The standard InChI is InChI=1S/C27H39N7O2/c1-18(30-2)26(35)32-25(19-9-4-3-5-10-19)27(36)33-14-8-13-23(33)20-15-21(17-31-16-20)34(29)24-12-7-6-11-22(24)28/h6-7,11-12,15-19,23,25,30H,3-5,8-10,13-14,28-29H2,1-2H3,(H,32,35). The Labute approximate surface area is 213 Å². The number of rotatable bonds is 8. The third kappa shape index (κ3) is 5.63. The van der Waals surface area contributed by atoms with Gasteiger partial charge >= 0.3 is 0 Å². The van der Waals surface area contributed by atoms with E-state index in [1.54, 1.807) is 25.5 Å². The van der Waals surface area contributed by atoms with Crippen molar-refractivity contribution in [3.63, 3.8) is 0 Å². The topological polar surface area (TPSA) is 130 Å². The van der Waals surface area contributed by atoms with Gasteiger partial charge in [-0.15, -0.1) is 0 Å². The van der Waals surface area contributed by atoms with E-state index in [0.29, 0.717) is 23.6 Å². The molecular weight excluding hydrogens is 454 g/mol. The van der Waals surface area contributed by atoms with Crippen LogP contribution in [0.5, 0.6) is 0 Å². The number of hydrogen-bond acceptors (Lipinski definition) is 7. The number of likely N-dealkylation sites (N-methyl/N-ethyl adjacent to an activating group) is 1. The summed E-state index contributed by atoms with van der Waals surface area (Å²) < 4.78 is 0. The first-order chi connectivity index (χ1) is 17.4. The van der Waals surface area contributed by atoms with Crippen LogP contribution >= 0.6 is 0 Å². The van der Waals surface area contributed by atoms with E-state index in [4.69, 9.17) is 11.6 Å². The molecule has 6 N–H and O–H groups in total. The van der Waals surface area contributed by atoms with Crippen LogP contribution in [0.2, 0.25) is 0 Å². The molecule has 1 saturated carbocycles. The van der Waals surface area contributed by atoms with Crippen LogP contribution in [0, 0.1) is 5.92 Å². The van der Waals surface area contributed by atoms with Crippen LogP contribution in [0.25, 0.3) is 0 Å². The molecule has 0 spiro atoms. The van der Waals surface area contributed by atoms with Crippen molar-refractivity contribution < 1.29 is 9.59 Å². The van der Waals surface area contributed by atoms with Crippen molar-refractivity contribution in [2.75, 3.05) is 24.3 Å². The predicted molar refractivity (Wildman–Crippen MR) is 142 cm³/mol. The third-order valence-electron chi connectivity index (χ3n) is 7.65. The van der Waals surface area contributed by atoms with Crippen molar-refractivity contribution in [3.8, 4) is 0 Å². The zero-order valence-electron chi connectivity index (χ0n) is 21.3. The minimum absolute atomic E-state index is 0.00312. The Morgan fingerprint density at radius 3 is 2.58 bits per heavy atom. The van der Waals surface area contributed by atoms with Crippen LogP contribution in [0.4, 0.5) is 17.1 Å². The molecule has 0 bridgehead atoms. The molecule has 2 aromatic rings. The number of nitrogen functional groups attached to an aromatic ring is 1. The normalized spacial score (nSPS) is 20.1. The average molecular weight is 494 g/mol. The van der Waals surface area contributed by atoms with E-state index < -0.39 is 6.04 Å². The molecule has 1 aromatic carbocycles. The first-order valence-corrected chi connectivity index (χ1v) is 13.0. The molecule has 2 amide bonds. The number of amides is 2. The minimum Gasteiger partial charge on any atom is -0.397 e. The van der Waals surface area contributed by atoms with Crippen LogP contribution in [-0.4, -0.2) is 47.4 Å². The van der Waals surface area contributed by atoms with Gasteiger partial charge in [-0.05, 0) is 69.3 Å². The van der Waals surface area contributed by atoms with Gasteiger partial charge in [0, 0.05) is 12.7 Å². The van der Waals surface area contributed by atoms with Crippen molar-refractivity contribution in [1.29, 1.82) is 0 Å². The second kappa shape index (κ2) is 11.7. The molecule has 2 fully saturated rings. The number of aromatic nitrogens is 1. The lowest BCUT2D eigenvalue weighted by atomic mass is 9.83. The van der Waals surface area contributed by atoms with Crippen molar-refractivity contribution >= 4 is 28.9 Å². The molecule has 194 valence electrons. The number of benzene rings is 1. The molecule has 1 aliphatic carbocycles. The van der Waals surface area contributed by atoms with Crippen molar-refractivity contribution in [3.05, 3.63) is 48.3 Å². The lowest BCUT2D eigenvalue weighted by molar-refractivity contribution is -0.139. The summed E-state index contributed by atoms with van der Waals surface area (Å²) in [5.74, 6) is 6.42. The van der Waals surface area contributed by atoms with Gasteiger partial charge in [-0.2, -0.15) is 0 Å². The fourth-order valence-electron chi connectivity index (χ4n) is 5.42. The van der Waals surface area contributed by atoms with Crippen molar-refractivity contribution in [2.45, 2.75) is 70.0 Å². The number of pyridine rings is 1. The number of nitrogens with two attached hydrogens (primary N) is 2. The van der Waals surface area contributed by atoms with Crippen LogP contribution in [-0.2, 0) is 9.59 Å². The summed E-state index contributed by atoms with van der Waals surface area (Å²) >= 11 is 0. The lowest BCUT2D eigenvalue weighted by Crippen LogP contribution is -2.55. The SMILES string of the molecule is CNC(C)C(=O)NC(C(=O)N1CCCC1c1cncc(N(N)c2ccccc2N)c1)C1CCCCC1. The highest BCUT2D eigenvalue weighted by atomic mass is 16.2. The Balaban J connectivity index is 1.57. The molecule has 1 aliphatic heterocycles. The van der Waals surface area contributed by atoms with Crippen LogP contribution in [0.15, 0.2) is 42.7 Å². The fraction of sp³-hybridized carbons (Fsp3) is 0.519. The first kappa shape index (κ1) is 25.9. The molecule has 2 heterocycles. The summed E-state index contributed by atoms with van der Waals surface area (Å²) in [7, 11) is 1.75. The highest BCUT2D eigenvalue weighted by Crippen LogP contribution is 2.36. The number of nitrogens with one attached hydrogen (secondary N) is 2. The molecule has 0 radical (unpaired) electrons. The van der Waals surface area contributed by atoms with Gasteiger partial charge in [-0.1, -0.05) is 31.4 Å². The Bertz CT molecular complexity index is 1060. The molecule has 3 atom stereocenters. The number of anilines is 3. The minimum atomic E-state index is -0.513. The van der Waals surface area contributed by atoms with E-state index in [-0.39, 0.29) is 29.8 Å². The quantitative estimate of drug-likeness (QED) is 0.253. The Hall–Kier alpha value is -3.17. The maximum Gasteiger partial charge on any atom is 0.245 e. The highest BCUT2D eigenvalue weighted by Gasteiger charge is 2.39. The second-order valence-corrected chi connectivity index (χ2v) is 9.99. The number of hydrogen-bond donors (Lipinski definition) is 4. The molecule has 1 aromatic heterocycles. The van der Waals surface area contributed by atoms with E-state index in [2.05, 4.69) is 15.6 Å². The highest BCUT2D eigenvalue weighted by molar-refractivity contribution is 5.90. The number of likely N-dealkylation sites (tertiary alicyclic amines) is 1. The zero-order valence-corrected chi connectivity index (χ0v) is 21.3. The van der Waals surface area contributed by atoms with Gasteiger partial charge < -0.3 is 21.3 Å². The summed E-state index contributed by atoms with van der Waals surface area (Å²) in [6, 6.07) is 8.40. The third-order valence-corrected chi connectivity index (χ3v) is 7.65. The molecule has 4 rings (SSSR count). The lowest BCUT2D eigenvalue weighted by Gasteiger charge is -2.35. The maximum absolute atomic E-state index is 14.0. The number of para-hydroxylation sites is 2. The van der Waals surface area contributed by atoms with Crippen LogP contribution in [0.1, 0.15) is 63.5 Å². The molecule has 3 unspecified atom stereocenters. The molecule has 1 saturated heterocycles. The second-order valence-electron chi connectivity index (χ2n) is 9.99. The van der Waals surface area contributed by atoms with E-state index >= 15 is 0 Å². The first-order valence-electron chi connectivity index (χ1n) is 13.0. The largest absolute Gasteiger partial charge is 0.397 e. The number of carbonyl (C=O) groups excluding carboxylic acids is 2. The number of carbonyl (C=O) groups is 2. The summed E-state index contributed by atoms with van der Waals surface area (Å²) in [5.41, 5.74) is 9.02. The van der Waals surface area contributed by atoms with E-state index in [1.165, 1.54) is 11.4 Å². The van der Waals surface area contributed by atoms with Crippen molar-refractivity contribution in [2.24, 2.45) is 11.8 Å². The summed E-state index contributed by atoms with van der Waals surface area (Å²) in [6.07, 6.45) is 10.5. The molecule has 36 heavy (non-hydrogen) atoms. The molecule has 2 aliphatic rings. The summed E-state index contributed by atoms with van der Waals surface area (Å²) in [6.45, 7) is 2.47. The van der Waals surface area contributed by atoms with Gasteiger partial charge in [0.25, 0.3) is 0 Å². The van der Waals surface area contributed by atoms with E-state index in [9.17, 15) is 9.59 Å². The monoisotopic (exact) mass is 493 g/mol. The fourth-order valence-corrected chi connectivity index (χ4v) is 5.42. The van der Waals surface area contributed by atoms with Gasteiger partial charge in [0.05, 0.1) is 35.3 Å².